The van der Waals surface area contributed by atoms with E-state index in [1.165, 1.54) is 44.9 Å². The molecule has 1 aliphatic rings. The maximum Gasteiger partial charge on any atom is 0.203 e. The Hall–Kier alpha value is -1.03. The van der Waals surface area contributed by atoms with Crippen molar-refractivity contribution < 1.29 is 4.74 Å². The van der Waals surface area contributed by atoms with Crippen LogP contribution in [0.2, 0.25) is 0 Å². The Morgan fingerprint density at radius 1 is 1.32 bits per heavy atom. The van der Waals surface area contributed by atoms with Crippen molar-refractivity contribution >= 4 is 5.95 Å². The van der Waals surface area contributed by atoms with E-state index in [9.17, 15) is 0 Å². The van der Waals surface area contributed by atoms with Gasteiger partial charge in [-0.15, -0.1) is 0 Å². The van der Waals surface area contributed by atoms with Crippen LogP contribution in [0.3, 0.4) is 0 Å². The Morgan fingerprint density at radius 2 is 2.00 bits per heavy atom. The lowest BCUT2D eigenvalue weighted by molar-refractivity contribution is 0.190. The molecular formula is C15H27N3O. The van der Waals surface area contributed by atoms with E-state index >= 15 is 0 Å². The van der Waals surface area contributed by atoms with Gasteiger partial charge in [-0.05, 0) is 19.8 Å². The van der Waals surface area contributed by atoms with Crippen LogP contribution in [0.25, 0.3) is 0 Å². The largest absolute Gasteiger partial charge is 0.383 e. The van der Waals surface area contributed by atoms with E-state index in [0.29, 0.717) is 18.7 Å². The third kappa shape index (κ3) is 4.23. The van der Waals surface area contributed by atoms with Gasteiger partial charge in [0, 0.05) is 31.6 Å². The molecule has 4 heteroatoms. The van der Waals surface area contributed by atoms with E-state index in [0.717, 1.165) is 5.95 Å². The van der Waals surface area contributed by atoms with Crippen molar-refractivity contribution in [3.8, 4) is 0 Å². The SMILES string of the molecule is COCC(C)Nc1nccn1C1CCCCCCC1. The number of rotatable bonds is 5. The lowest BCUT2D eigenvalue weighted by Gasteiger charge is -2.24. The molecule has 1 aliphatic carbocycles. The summed E-state index contributed by atoms with van der Waals surface area (Å²) in [5.41, 5.74) is 0. The van der Waals surface area contributed by atoms with E-state index in [4.69, 9.17) is 4.74 Å². The van der Waals surface area contributed by atoms with Crippen molar-refractivity contribution in [2.45, 2.75) is 64.0 Å². The van der Waals surface area contributed by atoms with Crippen LogP contribution in [0, 0.1) is 0 Å². The Balaban J connectivity index is 2.00. The fourth-order valence-corrected chi connectivity index (χ4v) is 2.94. The van der Waals surface area contributed by atoms with Gasteiger partial charge >= 0.3 is 0 Å². The first-order valence-corrected chi connectivity index (χ1v) is 7.59. The molecule has 0 aromatic carbocycles. The first-order valence-electron chi connectivity index (χ1n) is 7.59. The van der Waals surface area contributed by atoms with Crippen LogP contribution in [-0.2, 0) is 4.74 Å². The Bertz CT molecular complexity index is 356. The second-order valence-electron chi connectivity index (χ2n) is 5.66. The monoisotopic (exact) mass is 265 g/mol. The lowest BCUT2D eigenvalue weighted by Crippen LogP contribution is -2.24. The van der Waals surface area contributed by atoms with Crippen LogP contribution in [0.5, 0.6) is 0 Å². The van der Waals surface area contributed by atoms with Gasteiger partial charge in [-0.25, -0.2) is 4.98 Å². The molecule has 1 N–H and O–H groups in total. The average Bonchev–Trinajstić information content (AvgIpc) is 2.77. The third-order valence-electron chi connectivity index (χ3n) is 3.93. The normalized spacial score (nSPS) is 19.7. The molecule has 1 heterocycles. The quantitative estimate of drug-likeness (QED) is 0.884. The lowest BCUT2D eigenvalue weighted by atomic mass is 9.96. The van der Waals surface area contributed by atoms with Gasteiger partial charge in [-0.3, -0.25) is 0 Å². The van der Waals surface area contributed by atoms with Gasteiger partial charge in [0.2, 0.25) is 5.95 Å². The van der Waals surface area contributed by atoms with Gasteiger partial charge in [0.05, 0.1) is 6.61 Å². The fraction of sp³-hybridized carbons (Fsp3) is 0.800. The summed E-state index contributed by atoms with van der Waals surface area (Å²) in [6.45, 7) is 2.83. The number of imidazole rings is 1. The maximum atomic E-state index is 5.17. The standard InChI is InChI=1S/C15H27N3O/c1-13(12-19-2)17-15-16-10-11-18(15)14-8-6-4-3-5-7-9-14/h10-11,13-14H,3-9,12H2,1-2H3,(H,16,17). The molecule has 108 valence electrons. The molecule has 0 bridgehead atoms. The Labute approximate surface area is 116 Å². The molecule has 0 radical (unpaired) electrons. The van der Waals surface area contributed by atoms with Crippen LogP contribution >= 0.6 is 0 Å². The van der Waals surface area contributed by atoms with Gasteiger partial charge < -0.3 is 14.6 Å². The predicted molar refractivity (Wildman–Crippen MR) is 78.5 cm³/mol. The highest BCUT2D eigenvalue weighted by molar-refractivity contribution is 5.28. The molecule has 1 saturated carbocycles. The maximum absolute atomic E-state index is 5.17. The van der Waals surface area contributed by atoms with Crippen LogP contribution in [0.15, 0.2) is 12.4 Å². The number of anilines is 1. The fourth-order valence-electron chi connectivity index (χ4n) is 2.94. The number of nitrogens with zero attached hydrogens (tertiary/aromatic N) is 2. The molecule has 19 heavy (non-hydrogen) atoms. The summed E-state index contributed by atoms with van der Waals surface area (Å²) in [4.78, 5) is 4.46. The average molecular weight is 265 g/mol. The predicted octanol–water partition coefficient (Wildman–Crippen LogP) is 3.62. The number of aromatic nitrogens is 2. The molecule has 2 rings (SSSR count). The molecule has 0 spiro atoms. The molecule has 0 amide bonds. The zero-order valence-electron chi connectivity index (χ0n) is 12.3. The Kier molecular flexibility index (Phi) is 5.70. The minimum absolute atomic E-state index is 0.291. The van der Waals surface area contributed by atoms with Crippen molar-refractivity contribution in [2.75, 3.05) is 19.0 Å². The summed E-state index contributed by atoms with van der Waals surface area (Å²) in [6, 6.07) is 0.903. The number of hydrogen-bond donors (Lipinski definition) is 1. The summed E-state index contributed by atoms with van der Waals surface area (Å²) in [5, 5.41) is 3.45. The topological polar surface area (TPSA) is 39.1 Å². The van der Waals surface area contributed by atoms with E-state index < -0.39 is 0 Å². The van der Waals surface area contributed by atoms with Gasteiger partial charge in [-0.1, -0.05) is 32.1 Å². The highest BCUT2D eigenvalue weighted by Gasteiger charge is 2.16. The molecule has 1 aromatic rings. The molecule has 1 fully saturated rings. The summed E-state index contributed by atoms with van der Waals surface area (Å²) in [7, 11) is 1.74. The van der Waals surface area contributed by atoms with Crippen LogP contribution < -0.4 is 5.32 Å². The van der Waals surface area contributed by atoms with Crippen molar-refractivity contribution in [1.29, 1.82) is 0 Å². The van der Waals surface area contributed by atoms with Gasteiger partial charge in [0.15, 0.2) is 0 Å². The first kappa shape index (κ1) is 14.4. The van der Waals surface area contributed by atoms with E-state index in [-0.39, 0.29) is 0 Å². The van der Waals surface area contributed by atoms with Crippen molar-refractivity contribution in [2.24, 2.45) is 0 Å². The molecule has 1 atom stereocenters. The summed E-state index contributed by atoms with van der Waals surface area (Å²) >= 11 is 0. The zero-order chi connectivity index (χ0) is 13.5. The van der Waals surface area contributed by atoms with Gasteiger partial charge in [0.1, 0.15) is 0 Å². The second kappa shape index (κ2) is 7.53. The van der Waals surface area contributed by atoms with Crippen molar-refractivity contribution in [3.63, 3.8) is 0 Å². The van der Waals surface area contributed by atoms with Crippen molar-refractivity contribution in [1.82, 2.24) is 9.55 Å². The molecule has 1 aromatic heterocycles. The summed E-state index contributed by atoms with van der Waals surface area (Å²) in [6.07, 6.45) is 13.4. The first-order chi connectivity index (χ1) is 9.31. The van der Waals surface area contributed by atoms with E-state index in [2.05, 4.69) is 28.0 Å². The molecule has 4 nitrogen and oxygen atoms in total. The van der Waals surface area contributed by atoms with Gasteiger partial charge in [-0.2, -0.15) is 0 Å². The third-order valence-corrected chi connectivity index (χ3v) is 3.93. The smallest absolute Gasteiger partial charge is 0.203 e. The molecular weight excluding hydrogens is 238 g/mol. The van der Waals surface area contributed by atoms with Gasteiger partial charge in [0.25, 0.3) is 0 Å². The number of ether oxygens (including phenoxy) is 1. The second-order valence-corrected chi connectivity index (χ2v) is 5.66. The number of hydrogen-bond acceptors (Lipinski definition) is 3. The summed E-state index contributed by atoms with van der Waals surface area (Å²) in [5.74, 6) is 0.995. The zero-order valence-corrected chi connectivity index (χ0v) is 12.3. The minimum Gasteiger partial charge on any atom is -0.383 e. The highest BCUT2D eigenvalue weighted by atomic mass is 16.5. The van der Waals surface area contributed by atoms with E-state index in [1.807, 2.05) is 6.20 Å². The molecule has 1 unspecified atom stereocenters. The van der Waals surface area contributed by atoms with E-state index in [1.54, 1.807) is 7.11 Å². The summed E-state index contributed by atoms with van der Waals surface area (Å²) < 4.78 is 7.51. The van der Waals surface area contributed by atoms with Crippen molar-refractivity contribution in [3.05, 3.63) is 12.4 Å². The molecule has 0 saturated heterocycles. The Morgan fingerprint density at radius 3 is 2.68 bits per heavy atom. The number of nitrogens with one attached hydrogen (secondary N) is 1. The molecule has 0 aliphatic heterocycles. The minimum atomic E-state index is 0.291. The highest BCUT2D eigenvalue weighted by Crippen LogP contribution is 2.28. The van der Waals surface area contributed by atoms with Crippen LogP contribution in [0.4, 0.5) is 5.95 Å². The number of methoxy groups -OCH3 is 1. The van der Waals surface area contributed by atoms with Crippen LogP contribution in [-0.4, -0.2) is 29.3 Å². The van der Waals surface area contributed by atoms with Crippen LogP contribution in [0.1, 0.15) is 57.9 Å².